The van der Waals surface area contributed by atoms with E-state index < -0.39 is 0 Å². The maximum Gasteiger partial charge on any atom is 0.323 e. The first-order chi connectivity index (χ1) is 11.1. The van der Waals surface area contributed by atoms with E-state index in [1.54, 1.807) is 18.2 Å². The number of benzene rings is 2. The Kier molecular flexibility index (Phi) is 5.71. The molecular weight excluding hydrogens is 292 g/mol. The Morgan fingerprint density at radius 3 is 2.35 bits per heavy atom. The van der Waals surface area contributed by atoms with Gasteiger partial charge in [-0.15, -0.1) is 0 Å². The highest BCUT2D eigenvalue weighted by Crippen LogP contribution is 2.20. The van der Waals surface area contributed by atoms with Crippen LogP contribution in [-0.2, 0) is 4.79 Å². The van der Waals surface area contributed by atoms with Gasteiger partial charge >= 0.3 is 6.03 Å². The molecule has 0 unspecified atom stereocenters. The maximum absolute atomic E-state index is 12.0. The van der Waals surface area contributed by atoms with Gasteiger partial charge in [-0.2, -0.15) is 0 Å². The summed E-state index contributed by atoms with van der Waals surface area (Å²) in [6.07, 6.45) is 0.276. The number of amides is 3. The molecule has 3 amide bonds. The minimum absolute atomic E-state index is 0.130. The molecule has 0 spiro atoms. The summed E-state index contributed by atoms with van der Waals surface area (Å²) in [6, 6.07) is 14.2. The summed E-state index contributed by atoms with van der Waals surface area (Å²) >= 11 is 0. The molecule has 0 aliphatic heterocycles. The van der Waals surface area contributed by atoms with Gasteiger partial charge in [0.1, 0.15) is 0 Å². The molecule has 5 N–H and O–H groups in total. The second-order valence-electron chi connectivity index (χ2n) is 5.06. The molecule has 23 heavy (non-hydrogen) atoms. The van der Waals surface area contributed by atoms with E-state index in [1.165, 1.54) is 0 Å². The Morgan fingerprint density at radius 2 is 1.70 bits per heavy atom. The molecule has 0 heterocycles. The third-order valence-corrected chi connectivity index (χ3v) is 3.16. The molecule has 6 nitrogen and oxygen atoms in total. The van der Waals surface area contributed by atoms with E-state index in [2.05, 4.69) is 16.0 Å². The summed E-state index contributed by atoms with van der Waals surface area (Å²) < 4.78 is 0. The molecule has 2 rings (SSSR count). The minimum Gasteiger partial charge on any atom is -0.330 e. The maximum atomic E-state index is 12.0. The number of carbonyl (C=O) groups excluding carboxylic acids is 2. The number of hydrogen-bond donors (Lipinski definition) is 4. The van der Waals surface area contributed by atoms with Crippen molar-refractivity contribution in [3.05, 3.63) is 54.1 Å². The Hall–Kier alpha value is -2.86. The largest absolute Gasteiger partial charge is 0.330 e. The summed E-state index contributed by atoms with van der Waals surface area (Å²) in [4.78, 5) is 23.5. The van der Waals surface area contributed by atoms with Crippen LogP contribution in [0, 0.1) is 6.92 Å². The molecule has 6 heteroatoms. The summed E-state index contributed by atoms with van der Waals surface area (Å²) in [7, 11) is 0. The van der Waals surface area contributed by atoms with Crippen LogP contribution in [0.25, 0.3) is 0 Å². The number of hydrogen-bond acceptors (Lipinski definition) is 3. The predicted octanol–water partition coefficient (Wildman–Crippen LogP) is 2.93. The third kappa shape index (κ3) is 5.12. The zero-order chi connectivity index (χ0) is 16.7. The van der Waals surface area contributed by atoms with Crippen molar-refractivity contribution >= 4 is 29.0 Å². The van der Waals surface area contributed by atoms with E-state index in [1.807, 2.05) is 37.3 Å². The average molecular weight is 312 g/mol. The molecule has 0 saturated heterocycles. The molecule has 2 aromatic rings. The first-order valence-electron chi connectivity index (χ1n) is 7.32. The van der Waals surface area contributed by atoms with Gasteiger partial charge in [0, 0.05) is 30.0 Å². The van der Waals surface area contributed by atoms with E-state index in [-0.39, 0.29) is 18.4 Å². The monoisotopic (exact) mass is 312 g/mol. The van der Waals surface area contributed by atoms with Crippen LogP contribution < -0.4 is 21.7 Å². The third-order valence-electron chi connectivity index (χ3n) is 3.16. The lowest BCUT2D eigenvalue weighted by atomic mass is 10.1. The lowest BCUT2D eigenvalue weighted by Gasteiger charge is -2.12. The molecule has 0 saturated carbocycles. The Bertz CT molecular complexity index is 686. The number of carbonyl (C=O) groups is 2. The van der Waals surface area contributed by atoms with Gasteiger partial charge in [-0.05, 0) is 42.8 Å². The van der Waals surface area contributed by atoms with E-state index in [9.17, 15) is 9.59 Å². The second kappa shape index (κ2) is 7.95. The first-order valence-corrected chi connectivity index (χ1v) is 7.32. The summed E-state index contributed by atoms with van der Waals surface area (Å²) in [6.45, 7) is 2.17. The standard InChI is InChI=1S/C17H20N4O2/c1-12-11-14(19-16(22)9-10-18)7-8-15(12)21-17(23)20-13-5-3-2-4-6-13/h2-8,11H,9-10,18H2,1H3,(H,19,22)(H2,20,21,23). The number of urea groups is 1. The van der Waals surface area contributed by atoms with Crippen LogP contribution in [0.5, 0.6) is 0 Å². The topological polar surface area (TPSA) is 96.2 Å². The van der Waals surface area contributed by atoms with Gasteiger partial charge in [-0.25, -0.2) is 4.79 Å². The number of rotatable bonds is 5. The van der Waals surface area contributed by atoms with Crippen molar-refractivity contribution in [3.63, 3.8) is 0 Å². The molecule has 0 aliphatic carbocycles. The van der Waals surface area contributed by atoms with Gasteiger partial charge in [-0.1, -0.05) is 18.2 Å². The van der Waals surface area contributed by atoms with Crippen molar-refractivity contribution < 1.29 is 9.59 Å². The van der Waals surface area contributed by atoms with Crippen LogP contribution in [0.2, 0.25) is 0 Å². The van der Waals surface area contributed by atoms with Gasteiger partial charge < -0.3 is 21.7 Å². The van der Waals surface area contributed by atoms with E-state index in [0.29, 0.717) is 23.6 Å². The van der Waals surface area contributed by atoms with Crippen molar-refractivity contribution in [2.45, 2.75) is 13.3 Å². The Morgan fingerprint density at radius 1 is 0.957 bits per heavy atom. The first kappa shape index (κ1) is 16.5. The molecule has 0 aromatic heterocycles. The highest BCUT2D eigenvalue weighted by atomic mass is 16.2. The SMILES string of the molecule is Cc1cc(NC(=O)CCN)ccc1NC(=O)Nc1ccccc1. The summed E-state index contributed by atoms with van der Waals surface area (Å²) in [5.74, 6) is -0.130. The second-order valence-corrected chi connectivity index (χ2v) is 5.06. The lowest BCUT2D eigenvalue weighted by Crippen LogP contribution is -2.20. The van der Waals surface area contributed by atoms with Crippen molar-refractivity contribution in [2.75, 3.05) is 22.5 Å². The zero-order valence-electron chi connectivity index (χ0n) is 12.9. The number of nitrogens with one attached hydrogen (secondary N) is 3. The predicted molar refractivity (Wildman–Crippen MR) is 92.6 cm³/mol. The molecule has 0 radical (unpaired) electrons. The average Bonchev–Trinajstić information content (AvgIpc) is 2.51. The molecule has 0 bridgehead atoms. The molecular formula is C17H20N4O2. The van der Waals surface area contributed by atoms with Gasteiger partial charge in [0.25, 0.3) is 0 Å². The van der Waals surface area contributed by atoms with Gasteiger partial charge in [0.15, 0.2) is 0 Å². The molecule has 120 valence electrons. The van der Waals surface area contributed by atoms with Crippen LogP contribution >= 0.6 is 0 Å². The highest BCUT2D eigenvalue weighted by Gasteiger charge is 2.07. The zero-order valence-corrected chi connectivity index (χ0v) is 12.9. The van der Waals surface area contributed by atoms with Crippen LogP contribution in [-0.4, -0.2) is 18.5 Å². The number of para-hydroxylation sites is 1. The van der Waals surface area contributed by atoms with Crippen molar-refractivity contribution in [2.24, 2.45) is 5.73 Å². The smallest absolute Gasteiger partial charge is 0.323 e. The molecule has 0 atom stereocenters. The Labute approximate surface area is 135 Å². The summed E-state index contributed by atoms with van der Waals surface area (Å²) in [5, 5.41) is 8.29. The van der Waals surface area contributed by atoms with Gasteiger partial charge in [0.2, 0.25) is 5.91 Å². The van der Waals surface area contributed by atoms with Crippen LogP contribution in [0.1, 0.15) is 12.0 Å². The fourth-order valence-electron chi connectivity index (χ4n) is 2.04. The number of nitrogens with two attached hydrogens (primary N) is 1. The van der Waals surface area contributed by atoms with Gasteiger partial charge in [-0.3, -0.25) is 4.79 Å². The van der Waals surface area contributed by atoms with Crippen LogP contribution in [0.4, 0.5) is 21.9 Å². The fraction of sp³-hybridized carbons (Fsp3) is 0.176. The summed E-state index contributed by atoms with van der Waals surface area (Å²) in [5.41, 5.74) is 8.25. The number of aryl methyl sites for hydroxylation is 1. The van der Waals surface area contributed by atoms with E-state index in [0.717, 1.165) is 5.56 Å². The van der Waals surface area contributed by atoms with Crippen LogP contribution in [0.3, 0.4) is 0 Å². The Balaban J connectivity index is 1.98. The van der Waals surface area contributed by atoms with Gasteiger partial charge in [0.05, 0.1) is 0 Å². The highest BCUT2D eigenvalue weighted by molar-refractivity contribution is 6.00. The molecule has 0 aliphatic rings. The van der Waals surface area contributed by atoms with Crippen molar-refractivity contribution in [1.82, 2.24) is 0 Å². The molecule has 0 fully saturated rings. The normalized spacial score (nSPS) is 10.0. The minimum atomic E-state index is -0.320. The van der Waals surface area contributed by atoms with Crippen LogP contribution in [0.15, 0.2) is 48.5 Å². The fourth-order valence-corrected chi connectivity index (χ4v) is 2.04. The van der Waals surface area contributed by atoms with Crippen molar-refractivity contribution in [3.8, 4) is 0 Å². The van der Waals surface area contributed by atoms with Crippen molar-refractivity contribution in [1.29, 1.82) is 0 Å². The molecule has 2 aromatic carbocycles. The lowest BCUT2D eigenvalue weighted by molar-refractivity contribution is -0.116. The van der Waals surface area contributed by atoms with E-state index >= 15 is 0 Å². The van der Waals surface area contributed by atoms with E-state index in [4.69, 9.17) is 5.73 Å². The number of anilines is 3. The quantitative estimate of drug-likeness (QED) is 0.683.